The molecule has 1 aliphatic heterocycles. The smallest absolute Gasteiger partial charge is 0.191 e. The van der Waals surface area contributed by atoms with E-state index in [1.807, 2.05) is 7.05 Å². The minimum Gasteiger partial charge on any atom is -0.376 e. The molecule has 1 rings (SSSR count). The Hall–Kier alpha value is -0.810. The maximum Gasteiger partial charge on any atom is 0.191 e. The molecule has 0 saturated carbocycles. The second kappa shape index (κ2) is 11.8. The van der Waals surface area contributed by atoms with Crippen molar-refractivity contribution in [1.82, 2.24) is 15.5 Å². The molecule has 0 bridgehead atoms. The van der Waals surface area contributed by atoms with Gasteiger partial charge in [0, 0.05) is 26.7 Å². The first kappa shape index (κ1) is 18.2. The van der Waals surface area contributed by atoms with Crippen molar-refractivity contribution in [3.8, 4) is 0 Å². The van der Waals surface area contributed by atoms with Crippen LogP contribution in [-0.2, 0) is 4.74 Å². The molecule has 0 spiro atoms. The largest absolute Gasteiger partial charge is 0.376 e. The zero-order valence-corrected chi connectivity index (χ0v) is 14.2. The molecule has 0 aromatic heterocycles. The molecule has 1 fully saturated rings. The first-order valence-corrected chi connectivity index (χ1v) is 8.43. The Bertz CT molecular complexity index is 275. The summed E-state index contributed by atoms with van der Waals surface area (Å²) in [6.45, 7) is 3.98. The molecule has 0 aliphatic carbocycles. The maximum absolute atomic E-state index is 5.60. The number of hydrogen-bond donors (Lipinski definition) is 2. The van der Waals surface area contributed by atoms with E-state index in [9.17, 15) is 0 Å². The number of unbranched alkanes of at least 4 members (excludes halogenated alkanes) is 4. The molecule has 1 unspecified atom stereocenters. The topological polar surface area (TPSA) is 48.9 Å². The van der Waals surface area contributed by atoms with Gasteiger partial charge in [-0.3, -0.25) is 4.99 Å². The van der Waals surface area contributed by atoms with E-state index in [1.54, 1.807) is 0 Å². The van der Waals surface area contributed by atoms with Crippen LogP contribution in [-0.4, -0.2) is 64.3 Å². The molecule has 124 valence electrons. The number of hydrogen-bond acceptors (Lipinski definition) is 3. The molecule has 1 atom stereocenters. The van der Waals surface area contributed by atoms with Crippen molar-refractivity contribution in [2.24, 2.45) is 4.99 Å². The molecule has 5 nitrogen and oxygen atoms in total. The molecule has 0 amide bonds. The number of rotatable bonds is 10. The highest BCUT2D eigenvalue weighted by Crippen LogP contribution is 2.10. The quantitative estimate of drug-likeness (QED) is 0.367. The summed E-state index contributed by atoms with van der Waals surface area (Å²) in [5.41, 5.74) is 0. The van der Waals surface area contributed by atoms with Crippen LogP contribution >= 0.6 is 0 Å². The number of aliphatic imine (C=N–C) groups is 1. The SMILES string of the molecule is CN=C(NCCCCCCCN(C)C)NCC1CCCO1. The maximum atomic E-state index is 5.60. The fourth-order valence-electron chi connectivity index (χ4n) is 2.53. The molecule has 1 saturated heterocycles. The second-order valence-electron chi connectivity index (χ2n) is 6.09. The van der Waals surface area contributed by atoms with E-state index in [-0.39, 0.29) is 0 Å². The lowest BCUT2D eigenvalue weighted by atomic mass is 10.1. The summed E-state index contributed by atoms with van der Waals surface area (Å²) in [6.07, 6.45) is 9.20. The fourth-order valence-corrected chi connectivity index (χ4v) is 2.53. The van der Waals surface area contributed by atoms with Gasteiger partial charge in [-0.2, -0.15) is 0 Å². The molecule has 0 aromatic rings. The van der Waals surface area contributed by atoms with Crippen LogP contribution in [0.3, 0.4) is 0 Å². The van der Waals surface area contributed by atoms with E-state index in [4.69, 9.17) is 4.74 Å². The van der Waals surface area contributed by atoms with Gasteiger partial charge in [0.15, 0.2) is 5.96 Å². The third-order valence-corrected chi connectivity index (χ3v) is 3.82. The third-order valence-electron chi connectivity index (χ3n) is 3.82. The monoisotopic (exact) mass is 298 g/mol. The summed E-state index contributed by atoms with van der Waals surface area (Å²) in [5, 5.41) is 6.72. The van der Waals surface area contributed by atoms with Gasteiger partial charge in [-0.1, -0.05) is 19.3 Å². The highest BCUT2D eigenvalue weighted by Gasteiger charge is 2.15. The van der Waals surface area contributed by atoms with Crippen molar-refractivity contribution < 1.29 is 4.74 Å². The molecule has 1 heterocycles. The summed E-state index contributed by atoms with van der Waals surface area (Å²) >= 11 is 0. The summed E-state index contributed by atoms with van der Waals surface area (Å²) < 4.78 is 5.60. The van der Waals surface area contributed by atoms with Crippen LogP contribution in [0.2, 0.25) is 0 Å². The first-order valence-electron chi connectivity index (χ1n) is 8.43. The summed E-state index contributed by atoms with van der Waals surface area (Å²) in [6, 6.07) is 0. The van der Waals surface area contributed by atoms with Crippen LogP contribution in [0.5, 0.6) is 0 Å². The van der Waals surface area contributed by atoms with Crippen LogP contribution < -0.4 is 10.6 Å². The van der Waals surface area contributed by atoms with Crippen LogP contribution in [0.15, 0.2) is 4.99 Å². The van der Waals surface area contributed by atoms with Gasteiger partial charge in [-0.25, -0.2) is 0 Å². The lowest BCUT2D eigenvalue weighted by Gasteiger charge is -2.15. The van der Waals surface area contributed by atoms with E-state index in [2.05, 4.69) is 34.6 Å². The molecule has 21 heavy (non-hydrogen) atoms. The average molecular weight is 298 g/mol. The Morgan fingerprint density at radius 1 is 1.14 bits per heavy atom. The van der Waals surface area contributed by atoms with E-state index >= 15 is 0 Å². The van der Waals surface area contributed by atoms with Gasteiger partial charge >= 0.3 is 0 Å². The normalized spacial score (nSPS) is 19.2. The Balaban J connectivity index is 1.92. The predicted octanol–water partition coefficient (Wildman–Crippen LogP) is 1.84. The van der Waals surface area contributed by atoms with Crippen molar-refractivity contribution in [3.63, 3.8) is 0 Å². The van der Waals surface area contributed by atoms with Gasteiger partial charge in [0.25, 0.3) is 0 Å². The van der Waals surface area contributed by atoms with Crippen molar-refractivity contribution in [1.29, 1.82) is 0 Å². The number of ether oxygens (including phenoxy) is 1. The van der Waals surface area contributed by atoms with Gasteiger partial charge in [0.2, 0.25) is 0 Å². The molecule has 2 N–H and O–H groups in total. The highest BCUT2D eigenvalue weighted by atomic mass is 16.5. The number of nitrogens with one attached hydrogen (secondary N) is 2. The van der Waals surface area contributed by atoms with E-state index in [1.165, 1.54) is 45.1 Å². The minimum atomic E-state index is 0.361. The molecule has 0 aromatic carbocycles. The van der Waals surface area contributed by atoms with Crippen molar-refractivity contribution >= 4 is 5.96 Å². The van der Waals surface area contributed by atoms with Crippen molar-refractivity contribution in [3.05, 3.63) is 0 Å². The van der Waals surface area contributed by atoms with Crippen LogP contribution in [0.4, 0.5) is 0 Å². The summed E-state index contributed by atoms with van der Waals surface area (Å²) in [4.78, 5) is 6.50. The van der Waals surface area contributed by atoms with Crippen molar-refractivity contribution in [2.75, 3.05) is 47.4 Å². The minimum absolute atomic E-state index is 0.361. The van der Waals surface area contributed by atoms with Crippen LogP contribution in [0, 0.1) is 0 Å². The highest BCUT2D eigenvalue weighted by molar-refractivity contribution is 5.79. The van der Waals surface area contributed by atoms with Gasteiger partial charge < -0.3 is 20.3 Å². The van der Waals surface area contributed by atoms with E-state index < -0.39 is 0 Å². The van der Waals surface area contributed by atoms with Gasteiger partial charge in [-0.05, 0) is 46.3 Å². The van der Waals surface area contributed by atoms with Gasteiger partial charge in [0.1, 0.15) is 0 Å². The van der Waals surface area contributed by atoms with Gasteiger partial charge in [-0.15, -0.1) is 0 Å². The predicted molar refractivity (Wildman–Crippen MR) is 90.0 cm³/mol. The second-order valence-corrected chi connectivity index (χ2v) is 6.09. The third kappa shape index (κ3) is 9.69. The van der Waals surface area contributed by atoms with Crippen LogP contribution in [0.1, 0.15) is 44.9 Å². The van der Waals surface area contributed by atoms with Gasteiger partial charge in [0.05, 0.1) is 6.10 Å². The summed E-state index contributed by atoms with van der Waals surface area (Å²) in [5.74, 6) is 0.901. The van der Waals surface area contributed by atoms with E-state index in [0.29, 0.717) is 6.10 Å². The van der Waals surface area contributed by atoms with E-state index in [0.717, 1.165) is 32.1 Å². The lowest BCUT2D eigenvalue weighted by Crippen LogP contribution is -2.41. The van der Waals surface area contributed by atoms with Crippen molar-refractivity contribution in [2.45, 2.75) is 51.0 Å². The Labute approximate surface area is 130 Å². The molecule has 0 radical (unpaired) electrons. The molecule has 5 heteroatoms. The summed E-state index contributed by atoms with van der Waals surface area (Å²) in [7, 11) is 6.10. The fraction of sp³-hybridized carbons (Fsp3) is 0.938. The molecular formula is C16H34N4O. The Kier molecular flexibility index (Phi) is 10.3. The standard InChI is InChI=1S/C16H34N4O/c1-17-16(19-14-15-10-9-13-21-15)18-11-7-5-4-6-8-12-20(2)3/h15H,4-14H2,1-3H3,(H2,17,18,19). The zero-order valence-electron chi connectivity index (χ0n) is 14.2. The zero-order chi connectivity index (χ0) is 15.3. The number of guanidine groups is 1. The Morgan fingerprint density at radius 3 is 2.57 bits per heavy atom. The van der Waals surface area contributed by atoms with Crippen LogP contribution in [0.25, 0.3) is 0 Å². The number of nitrogens with zero attached hydrogens (tertiary/aromatic N) is 2. The lowest BCUT2D eigenvalue weighted by molar-refractivity contribution is 0.114. The average Bonchev–Trinajstić information content (AvgIpc) is 2.98. The molecule has 1 aliphatic rings. The Morgan fingerprint density at radius 2 is 1.90 bits per heavy atom. The molecular weight excluding hydrogens is 264 g/mol. The first-order chi connectivity index (χ1) is 10.2.